The highest BCUT2D eigenvalue weighted by Gasteiger charge is 2.35. The number of benzene rings is 2. The summed E-state index contributed by atoms with van der Waals surface area (Å²) >= 11 is 3.42. The predicted molar refractivity (Wildman–Crippen MR) is 102 cm³/mol. The van der Waals surface area contributed by atoms with Crippen LogP contribution in [0.15, 0.2) is 59.2 Å². The van der Waals surface area contributed by atoms with Crippen LogP contribution in [0.1, 0.15) is 6.42 Å². The number of fused-ring (bicyclic) bond motifs is 1. The van der Waals surface area contributed by atoms with E-state index in [0.717, 1.165) is 26.8 Å². The summed E-state index contributed by atoms with van der Waals surface area (Å²) in [5, 5.41) is 3.93. The van der Waals surface area contributed by atoms with E-state index in [1.54, 1.807) is 4.90 Å². The van der Waals surface area contributed by atoms with Crippen molar-refractivity contribution in [2.75, 3.05) is 16.8 Å². The molecule has 0 unspecified atom stereocenters. The first-order chi connectivity index (χ1) is 12.1. The summed E-state index contributed by atoms with van der Waals surface area (Å²) in [6.45, 7) is 0.393. The molecule has 0 radical (unpaired) electrons. The highest BCUT2D eigenvalue weighted by molar-refractivity contribution is 9.10. The Bertz CT molecular complexity index is 966. The van der Waals surface area contributed by atoms with Crippen molar-refractivity contribution in [1.29, 1.82) is 0 Å². The van der Waals surface area contributed by atoms with Crippen LogP contribution in [0.5, 0.6) is 0 Å². The van der Waals surface area contributed by atoms with Crippen molar-refractivity contribution in [1.82, 2.24) is 4.98 Å². The Labute approximate surface area is 153 Å². The molecule has 0 bridgehead atoms. The minimum absolute atomic E-state index is 0.0295. The van der Waals surface area contributed by atoms with Gasteiger partial charge in [-0.3, -0.25) is 9.59 Å². The minimum atomic E-state index is -0.360. The van der Waals surface area contributed by atoms with Gasteiger partial charge in [0, 0.05) is 40.2 Å². The van der Waals surface area contributed by atoms with Crippen molar-refractivity contribution >= 4 is 50.0 Å². The topological polar surface area (TPSA) is 65.2 Å². The van der Waals surface area contributed by atoms with E-state index >= 15 is 0 Å². The fraction of sp³-hybridized carbons (Fsp3) is 0.158. The number of carbonyl (C=O) groups is 2. The van der Waals surface area contributed by atoms with E-state index in [1.165, 1.54) is 0 Å². The molecule has 4 rings (SSSR count). The maximum Gasteiger partial charge on any atom is 0.229 e. The van der Waals surface area contributed by atoms with Crippen LogP contribution in [0.2, 0.25) is 0 Å². The van der Waals surface area contributed by atoms with Gasteiger partial charge in [0.1, 0.15) is 0 Å². The van der Waals surface area contributed by atoms with Crippen LogP contribution in [0, 0.1) is 5.92 Å². The lowest BCUT2D eigenvalue weighted by molar-refractivity contribution is -0.122. The van der Waals surface area contributed by atoms with Crippen LogP contribution in [0.4, 0.5) is 11.4 Å². The number of hydrogen-bond donors (Lipinski definition) is 2. The molecule has 25 heavy (non-hydrogen) atoms. The molecule has 6 heteroatoms. The number of halogens is 1. The van der Waals surface area contributed by atoms with Gasteiger partial charge >= 0.3 is 0 Å². The van der Waals surface area contributed by atoms with Gasteiger partial charge in [-0.25, -0.2) is 0 Å². The zero-order chi connectivity index (χ0) is 17.4. The summed E-state index contributed by atoms with van der Waals surface area (Å²) in [5.41, 5.74) is 2.54. The molecule has 2 aromatic carbocycles. The average Bonchev–Trinajstić information content (AvgIpc) is 3.22. The third-order valence-corrected chi connectivity index (χ3v) is 4.96. The van der Waals surface area contributed by atoms with Crippen molar-refractivity contribution in [2.24, 2.45) is 5.92 Å². The van der Waals surface area contributed by atoms with Gasteiger partial charge in [-0.15, -0.1) is 0 Å². The molecule has 5 nitrogen and oxygen atoms in total. The summed E-state index contributed by atoms with van der Waals surface area (Å²) < 4.78 is 0.907. The number of carbonyl (C=O) groups excluding carboxylic acids is 2. The Morgan fingerprint density at radius 3 is 2.88 bits per heavy atom. The van der Waals surface area contributed by atoms with Crippen LogP contribution in [0.3, 0.4) is 0 Å². The van der Waals surface area contributed by atoms with Crippen molar-refractivity contribution < 1.29 is 9.59 Å². The quantitative estimate of drug-likeness (QED) is 0.703. The Kier molecular flexibility index (Phi) is 4.05. The number of anilines is 2. The van der Waals surface area contributed by atoms with E-state index in [1.807, 2.05) is 54.7 Å². The van der Waals surface area contributed by atoms with Crippen LogP contribution >= 0.6 is 15.9 Å². The molecule has 3 aromatic rings. The second-order valence-electron chi connectivity index (χ2n) is 6.12. The second-order valence-corrected chi connectivity index (χ2v) is 7.03. The number of rotatable bonds is 3. The molecular weight excluding hydrogens is 382 g/mol. The Hall–Kier alpha value is -2.60. The third-order valence-electron chi connectivity index (χ3n) is 4.47. The number of nitrogens with zero attached hydrogens (tertiary/aromatic N) is 1. The lowest BCUT2D eigenvalue weighted by Crippen LogP contribution is -2.28. The van der Waals surface area contributed by atoms with E-state index in [2.05, 4.69) is 26.2 Å². The first kappa shape index (κ1) is 15.9. The van der Waals surface area contributed by atoms with Crippen molar-refractivity contribution in [3.05, 3.63) is 59.2 Å². The zero-order valence-electron chi connectivity index (χ0n) is 13.3. The fourth-order valence-electron chi connectivity index (χ4n) is 3.21. The molecule has 1 aliphatic heterocycles. The molecule has 2 amide bonds. The summed E-state index contributed by atoms with van der Waals surface area (Å²) in [4.78, 5) is 29.8. The van der Waals surface area contributed by atoms with Gasteiger partial charge in [-0.1, -0.05) is 28.1 Å². The number of nitrogens with one attached hydrogen (secondary N) is 2. The van der Waals surface area contributed by atoms with Gasteiger partial charge in [0.05, 0.1) is 11.6 Å². The smallest absolute Gasteiger partial charge is 0.229 e. The van der Waals surface area contributed by atoms with E-state index in [-0.39, 0.29) is 24.2 Å². The van der Waals surface area contributed by atoms with E-state index in [0.29, 0.717) is 6.54 Å². The first-order valence-electron chi connectivity index (χ1n) is 8.05. The largest absolute Gasteiger partial charge is 0.361 e. The Morgan fingerprint density at radius 1 is 1.20 bits per heavy atom. The normalized spacial score (nSPS) is 17.2. The third kappa shape index (κ3) is 3.05. The molecule has 1 saturated heterocycles. The molecule has 0 aliphatic carbocycles. The Balaban J connectivity index is 1.52. The monoisotopic (exact) mass is 397 g/mol. The first-order valence-corrected chi connectivity index (χ1v) is 8.84. The maximum absolute atomic E-state index is 12.7. The molecule has 0 spiro atoms. The van der Waals surface area contributed by atoms with Crippen molar-refractivity contribution in [2.45, 2.75) is 6.42 Å². The van der Waals surface area contributed by atoms with Crippen LogP contribution in [-0.4, -0.2) is 23.3 Å². The van der Waals surface area contributed by atoms with E-state index in [4.69, 9.17) is 0 Å². The Morgan fingerprint density at radius 2 is 2.04 bits per heavy atom. The summed E-state index contributed by atoms with van der Waals surface area (Å²) in [6.07, 6.45) is 2.07. The molecular formula is C19H16BrN3O2. The molecule has 1 aliphatic rings. The van der Waals surface area contributed by atoms with Crippen molar-refractivity contribution in [3.63, 3.8) is 0 Å². The lowest BCUT2D eigenvalue weighted by atomic mass is 10.1. The number of H-pyrrole nitrogens is 1. The fourth-order valence-corrected chi connectivity index (χ4v) is 3.59. The molecule has 2 N–H and O–H groups in total. The average molecular weight is 398 g/mol. The van der Waals surface area contributed by atoms with E-state index in [9.17, 15) is 9.59 Å². The number of aromatic nitrogens is 1. The highest BCUT2D eigenvalue weighted by atomic mass is 79.9. The molecule has 126 valence electrons. The summed E-state index contributed by atoms with van der Waals surface area (Å²) in [7, 11) is 0. The SMILES string of the molecule is O=C(Nc1cccc2[nH]ccc12)[C@@H]1CC(=O)N(c2cccc(Br)c2)C1. The van der Waals surface area contributed by atoms with Gasteiger partial charge in [-0.2, -0.15) is 0 Å². The molecule has 1 fully saturated rings. The van der Waals surface area contributed by atoms with Crippen LogP contribution < -0.4 is 10.2 Å². The van der Waals surface area contributed by atoms with Gasteiger partial charge in [0.25, 0.3) is 0 Å². The molecule has 0 saturated carbocycles. The highest BCUT2D eigenvalue weighted by Crippen LogP contribution is 2.29. The van der Waals surface area contributed by atoms with E-state index < -0.39 is 0 Å². The van der Waals surface area contributed by atoms with Gasteiger partial charge in [0.2, 0.25) is 11.8 Å². The van der Waals surface area contributed by atoms with Crippen molar-refractivity contribution in [3.8, 4) is 0 Å². The summed E-state index contributed by atoms with van der Waals surface area (Å²) in [6, 6.07) is 15.2. The molecule has 1 atom stereocenters. The number of hydrogen-bond acceptors (Lipinski definition) is 2. The number of amides is 2. The van der Waals surface area contributed by atoms with Crippen LogP contribution in [-0.2, 0) is 9.59 Å². The lowest BCUT2D eigenvalue weighted by Gasteiger charge is -2.17. The molecule has 1 aromatic heterocycles. The molecule has 2 heterocycles. The number of aromatic amines is 1. The standard InChI is InChI=1S/C19H16BrN3O2/c20-13-3-1-4-14(10-13)23-11-12(9-18(23)24)19(25)22-17-6-2-5-16-15(17)7-8-21-16/h1-8,10,12,21H,9,11H2,(H,22,25)/t12-/m1/s1. The van der Waals surface area contributed by atoms with Gasteiger partial charge in [0.15, 0.2) is 0 Å². The minimum Gasteiger partial charge on any atom is -0.361 e. The van der Waals surface area contributed by atoms with Gasteiger partial charge < -0.3 is 15.2 Å². The second kappa shape index (κ2) is 6.37. The van der Waals surface area contributed by atoms with Crippen LogP contribution in [0.25, 0.3) is 10.9 Å². The summed E-state index contributed by atoms with van der Waals surface area (Å²) in [5.74, 6) is -0.515. The maximum atomic E-state index is 12.7. The van der Waals surface area contributed by atoms with Gasteiger partial charge in [-0.05, 0) is 36.4 Å². The predicted octanol–water partition coefficient (Wildman–Crippen LogP) is 3.92. The zero-order valence-corrected chi connectivity index (χ0v) is 14.9.